The molecule has 0 aromatic heterocycles. The number of fused-ring (bicyclic) bond motifs is 2. The van der Waals surface area contributed by atoms with Gasteiger partial charge in [0, 0.05) is 36.3 Å². The summed E-state index contributed by atoms with van der Waals surface area (Å²) in [6.07, 6.45) is 3.69. The van der Waals surface area contributed by atoms with Gasteiger partial charge in [-0.05, 0) is 53.8 Å². The number of rotatable bonds is 7. The molecule has 2 aromatic carbocycles. The molecule has 0 bridgehead atoms. The highest BCUT2D eigenvalue weighted by atomic mass is 16.5. The Labute approximate surface area is 193 Å². The van der Waals surface area contributed by atoms with E-state index < -0.39 is 6.17 Å². The van der Waals surface area contributed by atoms with Crippen LogP contribution < -0.4 is 11.2 Å². The van der Waals surface area contributed by atoms with Gasteiger partial charge in [0.25, 0.3) is 0 Å². The van der Waals surface area contributed by atoms with E-state index in [1.54, 1.807) is 6.07 Å². The molecule has 33 heavy (non-hydrogen) atoms. The second-order valence-corrected chi connectivity index (χ2v) is 8.31. The summed E-state index contributed by atoms with van der Waals surface area (Å²) in [6, 6.07) is 11.7. The fourth-order valence-electron chi connectivity index (χ4n) is 4.34. The quantitative estimate of drug-likeness (QED) is 0.281. The van der Waals surface area contributed by atoms with E-state index >= 15 is 0 Å². The molecule has 0 aliphatic carbocycles. The van der Waals surface area contributed by atoms with Gasteiger partial charge in [-0.1, -0.05) is 37.3 Å². The van der Waals surface area contributed by atoms with Crippen molar-refractivity contribution in [1.29, 1.82) is 0 Å². The fourth-order valence-corrected chi connectivity index (χ4v) is 4.34. The predicted octanol–water partition coefficient (Wildman–Crippen LogP) is 4.52. The van der Waals surface area contributed by atoms with Gasteiger partial charge in [0.05, 0.1) is 5.56 Å². The fraction of sp³-hybridized carbons (Fsp3) is 0.360. The van der Waals surface area contributed by atoms with Crippen molar-refractivity contribution < 1.29 is 14.3 Å². The highest BCUT2D eigenvalue weighted by Crippen LogP contribution is 2.33. The van der Waals surface area contributed by atoms with Crippen LogP contribution in [0.2, 0.25) is 0 Å². The van der Waals surface area contributed by atoms with Crippen LogP contribution in [0, 0.1) is 0 Å². The maximum atomic E-state index is 13.3. The lowest BCUT2D eigenvalue weighted by molar-refractivity contribution is -0.127. The first-order valence-electron chi connectivity index (χ1n) is 11.3. The average molecular weight is 448 g/mol. The van der Waals surface area contributed by atoms with Crippen molar-refractivity contribution in [2.24, 2.45) is 16.2 Å². The van der Waals surface area contributed by atoms with Crippen LogP contribution in [0.4, 0.5) is 5.69 Å². The number of anilines is 1. The third kappa shape index (κ3) is 4.74. The molecule has 0 spiro atoms. The van der Waals surface area contributed by atoms with Crippen molar-refractivity contribution in [2.75, 3.05) is 18.4 Å². The molecular formula is C25H29N5O3. The lowest BCUT2D eigenvalue weighted by atomic mass is 9.98. The highest BCUT2D eigenvalue weighted by Gasteiger charge is 2.25. The number of carbonyl (C=O) groups excluding carboxylic acids is 2. The largest absolute Gasteiger partial charge is 0.457 e. The summed E-state index contributed by atoms with van der Waals surface area (Å²) < 4.78 is 5.12. The second-order valence-electron chi connectivity index (χ2n) is 8.31. The van der Waals surface area contributed by atoms with Crippen molar-refractivity contribution in [2.45, 2.75) is 45.9 Å². The third-order valence-corrected chi connectivity index (χ3v) is 5.89. The summed E-state index contributed by atoms with van der Waals surface area (Å²) in [6.45, 7) is 5.88. The first kappa shape index (κ1) is 22.5. The zero-order chi connectivity index (χ0) is 23.4. The predicted molar refractivity (Wildman–Crippen MR) is 127 cm³/mol. The Bertz CT molecular complexity index is 1120. The van der Waals surface area contributed by atoms with Gasteiger partial charge in [0.15, 0.2) is 0 Å². The number of hydrogen-bond acceptors (Lipinski definition) is 6. The number of cyclic esters (lactones) is 1. The molecule has 1 atom stereocenters. The first-order chi connectivity index (χ1) is 16.0. The molecule has 2 aliphatic rings. The van der Waals surface area contributed by atoms with E-state index in [0.29, 0.717) is 24.2 Å². The van der Waals surface area contributed by atoms with Crippen LogP contribution >= 0.6 is 0 Å². The number of nitrogens with two attached hydrogens (primary N) is 1. The van der Waals surface area contributed by atoms with Crippen LogP contribution in [-0.2, 0) is 16.1 Å². The van der Waals surface area contributed by atoms with Crippen LogP contribution in [-0.4, -0.2) is 36.0 Å². The zero-order valence-electron chi connectivity index (χ0n) is 19.0. The van der Waals surface area contributed by atoms with Crippen LogP contribution in [0.15, 0.2) is 52.3 Å². The Morgan fingerprint density at radius 1 is 1.15 bits per heavy atom. The van der Waals surface area contributed by atoms with Crippen molar-refractivity contribution in [1.82, 2.24) is 4.90 Å². The number of carbonyl (C=O) groups is 2. The molecule has 172 valence electrons. The van der Waals surface area contributed by atoms with Crippen LogP contribution in [0.3, 0.4) is 0 Å². The smallest absolute Gasteiger partial charge is 0.338 e. The molecule has 2 heterocycles. The SMILES string of the molecule is CCCN(CCC)C(=O)C1=Cc2ccc(-c3ccc4c(c3)COC4=O)cc2NC(N=NN)C1. The van der Waals surface area contributed by atoms with Crippen molar-refractivity contribution >= 4 is 23.6 Å². The van der Waals surface area contributed by atoms with Gasteiger partial charge >= 0.3 is 5.97 Å². The number of nitrogens with zero attached hydrogens (tertiary/aromatic N) is 3. The van der Waals surface area contributed by atoms with Crippen molar-refractivity contribution in [3.63, 3.8) is 0 Å². The molecule has 8 heteroatoms. The molecule has 1 amide bonds. The molecule has 8 nitrogen and oxygen atoms in total. The summed E-state index contributed by atoms with van der Waals surface area (Å²) in [5.74, 6) is 5.10. The number of esters is 1. The summed E-state index contributed by atoms with van der Waals surface area (Å²) in [5, 5.41) is 11.0. The zero-order valence-corrected chi connectivity index (χ0v) is 19.0. The highest BCUT2D eigenvalue weighted by molar-refractivity contribution is 5.99. The average Bonchev–Trinajstić information content (AvgIpc) is 3.08. The topological polar surface area (TPSA) is 109 Å². The number of nitrogens with one attached hydrogen (secondary N) is 1. The minimum Gasteiger partial charge on any atom is -0.457 e. The van der Waals surface area contributed by atoms with Gasteiger partial charge < -0.3 is 20.8 Å². The Morgan fingerprint density at radius 3 is 2.61 bits per heavy atom. The molecule has 1 unspecified atom stereocenters. The second kappa shape index (κ2) is 9.85. The lowest BCUT2D eigenvalue weighted by Crippen LogP contribution is -2.34. The van der Waals surface area contributed by atoms with E-state index in [4.69, 9.17) is 10.6 Å². The van der Waals surface area contributed by atoms with Crippen molar-refractivity contribution in [3.05, 3.63) is 58.7 Å². The number of ether oxygens (including phenoxy) is 1. The first-order valence-corrected chi connectivity index (χ1v) is 11.3. The maximum absolute atomic E-state index is 13.3. The van der Waals surface area contributed by atoms with E-state index in [1.165, 1.54) is 0 Å². The maximum Gasteiger partial charge on any atom is 0.338 e. The molecule has 2 aromatic rings. The summed E-state index contributed by atoms with van der Waals surface area (Å²) in [7, 11) is 0. The van der Waals surface area contributed by atoms with Gasteiger partial charge in [-0.25, -0.2) is 4.79 Å². The lowest BCUT2D eigenvalue weighted by Gasteiger charge is -2.23. The molecule has 3 N–H and O–H groups in total. The Kier molecular flexibility index (Phi) is 6.72. The third-order valence-electron chi connectivity index (χ3n) is 5.89. The van der Waals surface area contributed by atoms with Crippen LogP contribution in [0.1, 0.15) is 54.6 Å². The van der Waals surface area contributed by atoms with Gasteiger partial charge in [-0.2, -0.15) is 0 Å². The van der Waals surface area contributed by atoms with Gasteiger partial charge in [0.1, 0.15) is 12.8 Å². The Balaban J connectivity index is 1.70. The van der Waals surface area contributed by atoms with E-state index in [1.807, 2.05) is 41.3 Å². The molecule has 2 aliphatic heterocycles. The van der Waals surface area contributed by atoms with E-state index in [-0.39, 0.29) is 11.9 Å². The summed E-state index contributed by atoms with van der Waals surface area (Å²) in [4.78, 5) is 27.0. The minimum atomic E-state index is -0.446. The van der Waals surface area contributed by atoms with Crippen molar-refractivity contribution in [3.8, 4) is 11.1 Å². The molecule has 0 radical (unpaired) electrons. The van der Waals surface area contributed by atoms with E-state index in [0.717, 1.165) is 53.9 Å². The summed E-state index contributed by atoms with van der Waals surface area (Å²) in [5.41, 5.74) is 5.90. The van der Waals surface area contributed by atoms with Gasteiger partial charge in [-0.15, -0.1) is 5.11 Å². The standard InChI is InChI=1S/C25H29N5O3/c1-3-9-30(10-4-2)24(31)19-12-18-6-5-17(13-22(18)27-23(14-19)28-29-26)16-7-8-21-20(11-16)15-33-25(21)32/h5-8,11-13,23,27H,3-4,9-10,14-15H2,1-2H3,(H2,26,28). The van der Waals surface area contributed by atoms with E-state index in [9.17, 15) is 9.59 Å². The van der Waals surface area contributed by atoms with Crippen LogP contribution in [0.25, 0.3) is 17.2 Å². The Morgan fingerprint density at radius 2 is 1.88 bits per heavy atom. The van der Waals surface area contributed by atoms with Gasteiger partial charge in [-0.3, -0.25) is 4.79 Å². The molecular weight excluding hydrogens is 418 g/mol. The normalized spacial score (nSPS) is 17.0. The number of benzene rings is 2. The molecule has 0 fully saturated rings. The molecule has 4 rings (SSSR count). The number of hydrogen-bond donors (Lipinski definition) is 2. The molecule has 0 saturated carbocycles. The monoisotopic (exact) mass is 447 g/mol. The number of amides is 1. The molecule has 0 saturated heterocycles. The van der Waals surface area contributed by atoms with Gasteiger partial charge in [0.2, 0.25) is 5.91 Å². The Hall–Kier alpha value is -3.68. The minimum absolute atomic E-state index is 0.0259. The summed E-state index contributed by atoms with van der Waals surface area (Å²) >= 11 is 0. The van der Waals surface area contributed by atoms with E-state index in [2.05, 4.69) is 29.5 Å². The van der Waals surface area contributed by atoms with Crippen LogP contribution in [0.5, 0.6) is 0 Å².